The molecule has 0 amide bonds. The Morgan fingerprint density at radius 2 is 1.61 bits per heavy atom. The van der Waals surface area contributed by atoms with Gasteiger partial charge in [-0.1, -0.05) is 42.5 Å². The molecule has 3 aromatic carbocycles. The summed E-state index contributed by atoms with van der Waals surface area (Å²) in [6.07, 6.45) is 0. The maximum absolute atomic E-state index is 11.6. The number of aryl methyl sites for hydroxylation is 3. The molecule has 0 saturated heterocycles. The fourth-order valence-electron chi connectivity index (χ4n) is 4.86. The van der Waals surface area contributed by atoms with E-state index in [4.69, 9.17) is 5.73 Å². The maximum Gasteiger partial charge on any atom is 0.160 e. The van der Waals surface area contributed by atoms with E-state index in [1.54, 1.807) is 0 Å². The maximum atomic E-state index is 11.6. The van der Waals surface area contributed by atoms with Crippen LogP contribution < -0.4 is 20.9 Å². The molecule has 2 aliphatic rings. The Morgan fingerprint density at radius 1 is 0.903 bits per heavy atom. The summed E-state index contributed by atoms with van der Waals surface area (Å²) in [6, 6.07) is 18.2. The van der Waals surface area contributed by atoms with Gasteiger partial charge in [-0.15, -0.1) is 0 Å². The van der Waals surface area contributed by atoms with Gasteiger partial charge in [-0.3, -0.25) is 0 Å². The molecule has 0 aromatic heterocycles. The number of rotatable bonds is 2. The van der Waals surface area contributed by atoms with Crippen LogP contribution in [0.4, 0.5) is 22.7 Å². The minimum atomic E-state index is -0.382. The van der Waals surface area contributed by atoms with E-state index in [1.165, 1.54) is 11.1 Å². The molecule has 5 heteroatoms. The SMILES string of the molecule is Cc1ccc([C@@H]2C(O)=C3Nc4ccccc4N3CN2c2c(C)cccc2C)c(N)c1C. The molecule has 2 heterocycles. The Hall–Kier alpha value is -3.60. The monoisotopic (exact) mass is 412 g/mol. The molecule has 0 bridgehead atoms. The minimum absolute atomic E-state index is 0.278. The van der Waals surface area contributed by atoms with E-state index in [0.717, 1.165) is 45.3 Å². The molecule has 0 fully saturated rings. The van der Waals surface area contributed by atoms with Gasteiger partial charge in [0, 0.05) is 16.9 Å². The Balaban J connectivity index is 1.76. The van der Waals surface area contributed by atoms with Gasteiger partial charge in [-0.05, 0) is 62.1 Å². The number of para-hydroxylation sites is 3. The summed E-state index contributed by atoms with van der Waals surface area (Å²) in [5.41, 5.74) is 16.0. The predicted octanol–water partition coefficient (Wildman–Crippen LogP) is 5.68. The second-order valence-corrected chi connectivity index (χ2v) is 8.57. The molecule has 158 valence electrons. The molecule has 4 N–H and O–H groups in total. The Bertz CT molecular complexity index is 1210. The normalized spacial score (nSPS) is 17.5. The van der Waals surface area contributed by atoms with Crippen LogP contribution in [0.15, 0.2) is 66.2 Å². The van der Waals surface area contributed by atoms with E-state index in [9.17, 15) is 5.11 Å². The number of hydrogen-bond donors (Lipinski definition) is 3. The number of benzene rings is 3. The number of nitrogens with two attached hydrogens (primary N) is 1. The summed E-state index contributed by atoms with van der Waals surface area (Å²) in [6.45, 7) is 8.95. The molecular formula is C26H28N4O. The third-order valence-electron chi connectivity index (χ3n) is 6.67. The van der Waals surface area contributed by atoms with E-state index < -0.39 is 0 Å². The van der Waals surface area contributed by atoms with Crippen molar-refractivity contribution in [2.24, 2.45) is 0 Å². The molecule has 0 saturated carbocycles. The lowest BCUT2D eigenvalue weighted by Crippen LogP contribution is -2.46. The van der Waals surface area contributed by atoms with Crippen molar-refractivity contribution in [3.8, 4) is 0 Å². The van der Waals surface area contributed by atoms with Gasteiger partial charge in [0.05, 0.1) is 18.0 Å². The molecule has 3 aromatic rings. The van der Waals surface area contributed by atoms with Gasteiger partial charge in [0.25, 0.3) is 0 Å². The molecule has 31 heavy (non-hydrogen) atoms. The lowest BCUT2D eigenvalue weighted by Gasteiger charge is -2.43. The molecular weight excluding hydrogens is 384 g/mol. The van der Waals surface area contributed by atoms with Crippen molar-refractivity contribution in [1.29, 1.82) is 0 Å². The molecule has 2 aliphatic heterocycles. The largest absolute Gasteiger partial charge is 0.506 e. The average Bonchev–Trinajstić information content (AvgIpc) is 3.12. The highest BCUT2D eigenvalue weighted by atomic mass is 16.3. The van der Waals surface area contributed by atoms with Crippen LogP contribution in [-0.4, -0.2) is 11.8 Å². The first-order chi connectivity index (χ1) is 14.9. The van der Waals surface area contributed by atoms with Crippen molar-refractivity contribution in [2.75, 3.05) is 27.5 Å². The van der Waals surface area contributed by atoms with Crippen LogP contribution in [-0.2, 0) is 0 Å². The van der Waals surface area contributed by atoms with Crippen LogP contribution in [0, 0.1) is 27.7 Å². The quantitative estimate of drug-likeness (QED) is 0.473. The summed E-state index contributed by atoms with van der Waals surface area (Å²) < 4.78 is 0. The summed E-state index contributed by atoms with van der Waals surface area (Å²) >= 11 is 0. The van der Waals surface area contributed by atoms with Crippen LogP contribution in [0.5, 0.6) is 0 Å². The zero-order valence-electron chi connectivity index (χ0n) is 18.4. The van der Waals surface area contributed by atoms with Crippen molar-refractivity contribution in [3.05, 3.63) is 94.0 Å². The summed E-state index contributed by atoms with van der Waals surface area (Å²) in [5.74, 6) is 1.01. The van der Waals surface area contributed by atoms with Crippen LogP contribution in [0.1, 0.15) is 33.9 Å². The third-order valence-corrected chi connectivity index (χ3v) is 6.67. The number of aliphatic hydroxyl groups excluding tert-OH is 1. The van der Waals surface area contributed by atoms with Crippen molar-refractivity contribution in [1.82, 2.24) is 0 Å². The van der Waals surface area contributed by atoms with E-state index in [1.807, 2.05) is 25.1 Å². The van der Waals surface area contributed by atoms with Crippen LogP contribution in [0.2, 0.25) is 0 Å². The van der Waals surface area contributed by atoms with Gasteiger partial charge >= 0.3 is 0 Å². The van der Waals surface area contributed by atoms with Gasteiger partial charge in [0.2, 0.25) is 0 Å². The molecule has 0 unspecified atom stereocenters. The van der Waals surface area contributed by atoms with Crippen LogP contribution in [0.3, 0.4) is 0 Å². The van der Waals surface area contributed by atoms with E-state index in [-0.39, 0.29) is 11.8 Å². The molecule has 1 atom stereocenters. The number of aliphatic hydroxyl groups is 1. The Labute approximate surface area is 183 Å². The van der Waals surface area contributed by atoms with Crippen molar-refractivity contribution in [3.63, 3.8) is 0 Å². The van der Waals surface area contributed by atoms with Crippen LogP contribution >= 0.6 is 0 Å². The first-order valence-electron chi connectivity index (χ1n) is 10.6. The summed E-state index contributed by atoms with van der Waals surface area (Å²) in [7, 11) is 0. The zero-order chi connectivity index (χ0) is 21.9. The zero-order valence-corrected chi connectivity index (χ0v) is 18.4. The smallest absolute Gasteiger partial charge is 0.160 e. The standard InChI is InChI=1S/C26H28N4O/c1-15-12-13-19(22(27)18(15)4)24-25(31)26-28-20-10-5-6-11-21(20)29(26)14-30(24)23-16(2)8-7-9-17(23)3/h5-13,24,28,31H,14,27H2,1-4H3/t24-/m1/s1. The molecule has 0 aliphatic carbocycles. The van der Waals surface area contributed by atoms with Gasteiger partial charge in [0.1, 0.15) is 6.04 Å². The fraction of sp³-hybridized carbons (Fsp3) is 0.231. The highest BCUT2D eigenvalue weighted by Gasteiger charge is 2.41. The fourth-order valence-corrected chi connectivity index (χ4v) is 4.86. The van der Waals surface area contributed by atoms with Gasteiger partial charge in [-0.2, -0.15) is 0 Å². The lowest BCUT2D eigenvalue weighted by atomic mass is 9.93. The topological polar surface area (TPSA) is 64.8 Å². The second-order valence-electron chi connectivity index (χ2n) is 8.57. The predicted molar refractivity (Wildman–Crippen MR) is 129 cm³/mol. The van der Waals surface area contributed by atoms with Gasteiger partial charge in [0.15, 0.2) is 11.6 Å². The second kappa shape index (κ2) is 6.98. The molecule has 5 rings (SSSR count). The number of fused-ring (bicyclic) bond motifs is 3. The number of nitrogen functional groups attached to an aromatic ring is 1. The van der Waals surface area contributed by atoms with Gasteiger partial charge < -0.3 is 26.0 Å². The Morgan fingerprint density at radius 3 is 2.35 bits per heavy atom. The van der Waals surface area contributed by atoms with Crippen molar-refractivity contribution in [2.45, 2.75) is 33.7 Å². The van der Waals surface area contributed by atoms with Crippen molar-refractivity contribution >= 4 is 22.7 Å². The summed E-state index contributed by atoms with van der Waals surface area (Å²) in [4.78, 5) is 4.41. The van der Waals surface area contributed by atoms with E-state index in [0.29, 0.717) is 6.67 Å². The number of anilines is 4. The molecule has 0 spiro atoms. The first kappa shape index (κ1) is 19.4. The Kier molecular flexibility index (Phi) is 4.36. The highest BCUT2D eigenvalue weighted by Crippen LogP contribution is 2.47. The number of nitrogens with one attached hydrogen (secondary N) is 1. The number of nitrogens with zero attached hydrogens (tertiary/aromatic N) is 2. The highest BCUT2D eigenvalue weighted by molar-refractivity contribution is 5.83. The minimum Gasteiger partial charge on any atom is -0.506 e. The van der Waals surface area contributed by atoms with Crippen LogP contribution in [0.25, 0.3) is 0 Å². The van der Waals surface area contributed by atoms with E-state index in [2.05, 4.69) is 72.3 Å². The van der Waals surface area contributed by atoms with Gasteiger partial charge in [-0.25, -0.2) is 0 Å². The lowest BCUT2D eigenvalue weighted by molar-refractivity contribution is 0.342. The summed E-state index contributed by atoms with van der Waals surface area (Å²) in [5, 5.41) is 15.1. The first-order valence-corrected chi connectivity index (χ1v) is 10.6. The van der Waals surface area contributed by atoms with E-state index >= 15 is 0 Å². The van der Waals surface area contributed by atoms with Crippen molar-refractivity contribution < 1.29 is 5.11 Å². The average molecular weight is 413 g/mol. The third kappa shape index (κ3) is 2.84. The molecule has 0 radical (unpaired) electrons. The number of hydrogen-bond acceptors (Lipinski definition) is 5. The molecule has 5 nitrogen and oxygen atoms in total.